The topological polar surface area (TPSA) is 52.9 Å². The van der Waals surface area contributed by atoms with Crippen LogP contribution in [0.5, 0.6) is 11.5 Å². The number of nitrogens with zero attached hydrogens (tertiary/aromatic N) is 1. The fraction of sp³-hybridized carbons (Fsp3) is 0.217. The van der Waals surface area contributed by atoms with E-state index in [1.807, 2.05) is 36.2 Å². The minimum absolute atomic E-state index is 0.0611. The quantitative estimate of drug-likeness (QED) is 0.640. The molecule has 3 rings (SSSR count). The third-order valence-corrected chi connectivity index (χ3v) is 4.68. The molecule has 0 atom stereocenters. The van der Waals surface area contributed by atoms with Gasteiger partial charge in [0.25, 0.3) is 0 Å². The number of phenols is 1. The highest BCUT2D eigenvalue weighted by Crippen LogP contribution is 2.34. The maximum Gasteiger partial charge on any atom is 0.127 e. The molecule has 0 aliphatic rings. The average molecular weight is 381 g/mol. The van der Waals surface area contributed by atoms with E-state index in [1.165, 1.54) is 6.07 Å². The summed E-state index contributed by atoms with van der Waals surface area (Å²) in [5.41, 5.74) is 3.88. The Kier molecular flexibility index (Phi) is 6.29. The standard InChI is InChI=1S/C23H24FNO3/c1-25(14-18-5-3-4-6-21(18)24)13-16-7-10-23(28-2)20(11-16)17-8-9-22(27)19(12-17)15-26/h3-12,26-27H,13-15H2,1-2H3. The molecule has 3 aromatic rings. The van der Waals surface area contributed by atoms with Gasteiger partial charge in [-0.25, -0.2) is 4.39 Å². The molecule has 0 saturated carbocycles. The molecule has 0 fully saturated rings. The number of ether oxygens (including phenoxy) is 1. The monoisotopic (exact) mass is 381 g/mol. The van der Waals surface area contributed by atoms with Crippen LogP contribution in [0.15, 0.2) is 60.7 Å². The Hall–Kier alpha value is -2.89. The second-order valence-corrected chi connectivity index (χ2v) is 6.80. The molecular formula is C23H24FNO3. The van der Waals surface area contributed by atoms with Crippen LogP contribution >= 0.6 is 0 Å². The molecule has 4 nitrogen and oxygen atoms in total. The summed E-state index contributed by atoms with van der Waals surface area (Å²) in [5.74, 6) is 0.562. The second kappa shape index (κ2) is 8.87. The van der Waals surface area contributed by atoms with Crippen LogP contribution in [0, 0.1) is 5.82 Å². The summed E-state index contributed by atoms with van der Waals surface area (Å²) in [6.45, 7) is 0.894. The molecule has 28 heavy (non-hydrogen) atoms. The number of aliphatic hydroxyl groups is 1. The highest BCUT2D eigenvalue weighted by atomic mass is 19.1. The summed E-state index contributed by atoms with van der Waals surface area (Å²) < 4.78 is 19.4. The SMILES string of the molecule is COc1ccc(CN(C)Cc2ccccc2F)cc1-c1ccc(O)c(CO)c1. The highest BCUT2D eigenvalue weighted by Gasteiger charge is 2.12. The molecule has 5 heteroatoms. The van der Waals surface area contributed by atoms with Gasteiger partial charge in [-0.3, -0.25) is 4.90 Å². The van der Waals surface area contributed by atoms with Gasteiger partial charge in [-0.05, 0) is 48.5 Å². The molecule has 0 saturated heterocycles. The zero-order valence-corrected chi connectivity index (χ0v) is 16.0. The zero-order valence-electron chi connectivity index (χ0n) is 16.0. The first kappa shape index (κ1) is 19.9. The average Bonchev–Trinajstić information content (AvgIpc) is 2.70. The minimum Gasteiger partial charge on any atom is -0.508 e. The van der Waals surface area contributed by atoms with Crippen molar-refractivity contribution in [1.82, 2.24) is 4.90 Å². The fourth-order valence-electron chi connectivity index (χ4n) is 3.24. The molecule has 0 bridgehead atoms. The predicted molar refractivity (Wildman–Crippen MR) is 108 cm³/mol. The van der Waals surface area contributed by atoms with Crippen LogP contribution in [0.4, 0.5) is 4.39 Å². The number of aromatic hydroxyl groups is 1. The van der Waals surface area contributed by atoms with Crippen LogP contribution in [0.3, 0.4) is 0 Å². The first-order valence-electron chi connectivity index (χ1n) is 9.03. The molecule has 0 aliphatic carbocycles. The maximum absolute atomic E-state index is 13.9. The van der Waals surface area contributed by atoms with E-state index in [0.717, 1.165) is 16.7 Å². The molecule has 0 aromatic heterocycles. The van der Waals surface area contributed by atoms with Crippen molar-refractivity contribution in [2.24, 2.45) is 0 Å². The van der Waals surface area contributed by atoms with Crippen LogP contribution in [0.1, 0.15) is 16.7 Å². The lowest BCUT2D eigenvalue weighted by atomic mass is 9.99. The van der Waals surface area contributed by atoms with E-state index in [4.69, 9.17) is 4.74 Å². The van der Waals surface area contributed by atoms with Crippen LogP contribution < -0.4 is 4.74 Å². The number of rotatable bonds is 7. The summed E-state index contributed by atoms with van der Waals surface area (Å²) in [5, 5.41) is 19.2. The van der Waals surface area contributed by atoms with Gasteiger partial charge in [-0.1, -0.05) is 30.3 Å². The van der Waals surface area contributed by atoms with E-state index < -0.39 is 0 Å². The molecule has 0 amide bonds. The zero-order chi connectivity index (χ0) is 20.1. The third kappa shape index (κ3) is 4.50. The Labute approximate surface area is 164 Å². The van der Waals surface area contributed by atoms with E-state index in [0.29, 0.717) is 30.0 Å². The molecular weight excluding hydrogens is 357 g/mol. The van der Waals surface area contributed by atoms with Crippen LogP contribution in [-0.4, -0.2) is 29.3 Å². The lowest BCUT2D eigenvalue weighted by Gasteiger charge is -2.19. The highest BCUT2D eigenvalue weighted by molar-refractivity contribution is 5.72. The van der Waals surface area contributed by atoms with Gasteiger partial charge in [0.05, 0.1) is 13.7 Å². The van der Waals surface area contributed by atoms with Crippen molar-refractivity contribution < 1.29 is 19.3 Å². The van der Waals surface area contributed by atoms with Gasteiger partial charge in [0.1, 0.15) is 17.3 Å². The summed E-state index contributed by atoms with van der Waals surface area (Å²) in [7, 11) is 3.55. The van der Waals surface area contributed by atoms with Crippen LogP contribution in [0.25, 0.3) is 11.1 Å². The number of hydrogen-bond acceptors (Lipinski definition) is 4. The van der Waals surface area contributed by atoms with Gasteiger partial charge in [0.15, 0.2) is 0 Å². The van der Waals surface area contributed by atoms with Gasteiger partial charge in [-0.15, -0.1) is 0 Å². The Morgan fingerprint density at radius 1 is 0.964 bits per heavy atom. The molecule has 0 radical (unpaired) electrons. The van der Waals surface area contributed by atoms with Gasteiger partial charge < -0.3 is 14.9 Å². The van der Waals surface area contributed by atoms with Crippen molar-refractivity contribution in [2.45, 2.75) is 19.7 Å². The van der Waals surface area contributed by atoms with Gasteiger partial charge in [0.2, 0.25) is 0 Å². The number of methoxy groups -OCH3 is 1. The summed E-state index contributed by atoms with van der Waals surface area (Å²) >= 11 is 0. The largest absolute Gasteiger partial charge is 0.508 e. The molecule has 0 aliphatic heterocycles. The van der Waals surface area contributed by atoms with E-state index in [2.05, 4.69) is 0 Å². The third-order valence-electron chi connectivity index (χ3n) is 4.68. The Morgan fingerprint density at radius 3 is 2.46 bits per heavy atom. The van der Waals surface area contributed by atoms with Gasteiger partial charge >= 0.3 is 0 Å². The van der Waals surface area contributed by atoms with Crippen molar-refractivity contribution >= 4 is 0 Å². The predicted octanol–water partition coefficient (Wildman–Crippen LogP) is 4.33. The van der Waals surface area contributed by atoms with Crippen molar-refractivity contribution in [3.05, 3.63) is 83.2 Å². The van der Waals surface area contributed by atoms with Gasteiger partial charge in [-0.2, -0.15) is 0 Å². The molecule has 146 valence electrons. The van der Waals surface area contributed by atoms with Crippen molar-refractivity contribution in [3.8, 4) is 22.6 Å². The summed E-state index contributed by atoms with van der Waals surface area (Å²) in [4.78, 5) is 2.04. The summed E-state index contributed by atoms with van der Waals surface area (Å²) in [6, 6.07) is 17.8. The lowest BCUT2D eigenvalue weighted by molar-refractivity contribution is 0.275. The number of aliphatic hydroxyl groups excluding tert-OH is 1. The Bertz CT molecular complexity index is 958. The van der Waals surface area contributed by atoms with Crippen molar-refractivity contribution in [3.63, 3.8) is 0 Å². The van der Waals surface area contributed by atoms with E-state index in [9.17, 15) is 14.6 Å². The van der Waals surface area contributed by atoms with Crippen LogP contribution in [-0.2, 0) is 19.7 Å². The van der Waals surface area contributed by atoms with Gasteiger partial charge in [0, 0.05) is 29.8 Å². The Balaban J connectivity index is 1.85. The molecule has 0 unspecified atom stereocenters. The second-order valence-electron chi connectivity index (χ2n) is 6.80. The van der Waals surface area contributed by atoms with Crippen molar-refractivity contribution in [2.75, 3.05) is 14.2 Å². The maximum atomic E-state index is 13.9. The summed E-state index contributed by atoms with van der Waals surface area (Å²) in [6.07, 6.45) is 0. The first-order chi connectivity index (χ1) is 13.5. The Morgan fingerprint density at radius 2 is 1.75 bits per heavy atom. The minimum atomic E-state index is -0.243. The molecule has 0 heterocycles. The van der Waals surface area contributed by atoms with Crippen molar-refractivity contribution in [1.29, 1.82) is 0 Å². The molecule has 2 N–H and O–H groups in total. The number of benzene rings is 3. The first-order valence-corrected chi connectivity index (χ1v) is 9.03. The smallest absolute Gasteiger partial charge is 0.127 e. The van der Waals surface area contributed by atoms with E-state index in [-0.39, 0.29) is 18.2 Å². The van der Waals surface area contributed by atoms with E-state index in [1.54, 1.807) is 37.4 Å². The molecule has 3 aromatic carbocycles. The van der Waals surface area contributed by atoms with Crippen LogP contribution in [0.2, 0.25) is 0 Å². The fourth-order valence-corrected chi connectivity index (χ4v) is 3.24. The van der Waals surface area contributed by atoms with E-state index >= 15 is 0 Å². The number of halogens is 1. The number of hydrogen-bond donors (Lipinski definition) is 2. The lowest BCUT2D eigenvalue weighted by Crippen LogP contribution is -2.18. The molecule has 0 spiro atoms. The normalized spacial score (nSPS) is 11.0.